The summed E-state index contributed by atoms with van der Waals surface area (Å²) in [5, 5.41) is 19.7. The van der Waals surface area contributed by atoms with Crippen molar-refractivity contribution >= 4 is 17.8 Å². The number of carboxylic acid groups (broad SMARTS) is 1. The minimum Gasteiger partial charge on any atom is -0.480 e. The molecule has 1 aromatic rings. The van der Waals surface area contributed by atoms with Gasteiger partial charge in [0.25, 0.3) is 5.91 Å². The van der Waals surface area contributed by atoms with Gasteiger partial charge in [-0.15, -0.1) is 0 Å². The van der Waals surface area contributed by atoms with Crippen molar-refractivity contribution in [3.05, 3.63) is 35.9 Å². The second-order valence-electron chi connectivity index (χ2n) is 7.37. The molecule has 1 aliphatic rings. The van der Waals surface area contributed by atoms with Crippen LogP contribution in [0.3, 0.4) is 0 Å². The fraction of sp³-hybridized carbons (Fsp3) is 0.550. The van der Waals surface area contributed by atoms with E-state index >= 15 is 0 Å². The van der Waals surface area contributed by atoms with Gasteiger partial charge in [0.2, 0.25) is 5.91 Å². The molecule has 3 atom stereocenters. The minimum atomic E-state index is -1.26. The van der Waals surface area contributed by atoms with Crippen molar-refractivity contribution in [1.29, 1.82) is 0 Å². The SMILES string of the molecule is CC(C)[C@H](C(=O)N1CCC[C@@H]1C(=O)O)N(C)C(=O)[C@@H](O)Cc1ccccc1. The highest BCUT2D eigenvalue weighted by molar-refractivity contribution is 5.92. The molecule has 1 fully saturated rings. The van der Waals surface area contributed by atoms with Crippen LogP contribution in [0.25, 0.3) is 0 Å². The monoisotopic (exact) mass is 376 g/mol. The van der Waals surface area contributed by atoms with Gasteiger partial charge in [0.1, 0.15) is 18.2 Å². The minimum absolute atomic E-state index is 0.157. The lowest BCUT2D eigenvalue weighted by Crippen LogP contribution is -2.56. The number of nitrogens with zero attached hydrogens (tertiary/aromatic N) is 2. The van der Waals surface area contributed by atoms with Crippen LogP contribution in [0.2, 0.25) is 0 Å². The van der Waals surface area contributed by atoms with Gasteiger partial charge in [-0.3, -0.25) is 9.59 Å². The van der Waals surface area contributed by atoms with Gasteiger partial charge in [-0.25, -0.2) is 4.79 Å². The molecule has 7 heteroatoms. The summed E-state index contributed by atoms with van der Waals surface area (Å²) in [4.78, 5) is 39.8. The first-order valence-electron chi connectivity index (χ1n) is 9.26. The summed E-state index contributed by atoms with van der Waals surface area (Å²) in [5.41, 5.74) is 0.824. The van der Waals surface area contributed by atoms with Gasteiger partial charge < -0.3 is 20.0 Å². The van der Waals surface area contributed by atoms with Crippen molar-refractivity contribution in [2.75, 3.05) is 13.6 Å². The molecular weight excluding hydrogens is 348 g/mol. The number of benzene rings is 1. The fourth-order valence-corrected chi connectivity index (χ4v) is 3.65. The van der Waals surface area contributed by atoms with E-state index in [4.69, 9.17) is 0 Å². The normalized spacial score (nSPS) is 19.0. The van der Waals surface area contributed by atoms with E-state index < -0.39 is 30.1 Å². The smallest absolute Gasteiger partial charge is 0.326 e. The van der Waals surface area contributed by atoms with Gasteiger partial charge in [-0.1, -0.05) is 44.2 Å². The lowest BCUT2D eigenvalue weighted by molar-refractivity contribution is -0.155. The quantitative estimate of drug-likeness (QED) is 0.744. The Morgan fingerprint density at radius 1 is 1.22 bits per heavy atom. The Balaban J connectivity index is 2.13. The van der Waals surface area contributed by atoms with Crippen LogP contribution in [-0.2, 0) is 20.8 Å². The Kier molecular flexibility index (Phi) is 6.96. The number of hydrogen-bond acceptors (Lipinski definition) is 4. The van der Waals surface area contributed by atoms with E-state index in [1.54, 1.807) is 0 Å². The fourth-order valence-electron chi connectivity index (χ4n) is 3.65. The van der Waals surface area contributed by atoms with E-state index in [2.05, 4.69) is 0 Å². The molecule has 1 aliphatic heterocycles. The van der Waals surface area contributed by atoms with Crippen molar-refractivity contribution in [3.8, 4) is 0 Å². The third-order valence-electron chi connectivity index (χ3n) is 5.03. The second kappa shape index (κ2) is 8.99. The molecule has 7 nitrogen and oxygen atoms in total. The molecule has 1 saturated heterocycles. The van der Waals surface area contributed by atoms with Crippen LogP contribution in [0, 0.1) is 5.92 Å². The standard InChI is InChI=1S/C20H28N2O5/c1-13(2)17(19(25)22-11-7-10-15(22)20(26)27)21(3)18(24)16(23)12-14-8-5-4-6-9-14/h4-6,8-9,13,15-17,23H,7,10-12H2,1-3H3,(H,26,27)/t15-,16+,17-/m1/s1. The lowest BCUT2D eigenvalue weighted by Gasteiger charge is -2.35. The molecule has 0 unspecified atom stereocenters. The maximum atomic E-state index is 13.0. The summed E-state index contributed by atoms with van der Waals surface area (Å²) in [6, 6.07) is 7.49. The second-order valence-corrected chi connectivity index (χ2v) is 7.37. The zero-order chi connectivity index (χ0) is 20.1. The van der Waals surface area contributed by atoms with E-state index in [9.17, 15) is 24.6 Å². The number of likely N-dealkylation sites (tertiary alicyclic amines) is 1. The van der Waals surface area contributed by atoms with Crippen molar-refractivity contribution in [2.45, 2.75) is 51.3 Å². The maximum Gasteiger partial charge on any atom is 0.326 e. The molecule has 0 saturated carbocycles. The average Bonchev–Trinajstić information content (AvgIpc) is 3.11. The van der Waals surface area contributed by atoms with E-state index in [0.29, 0.717) is 19.4 Å². The molecule has 1 aromatic carbocycles. The predicted molar refractivity (Wildman–Crippen MR) is 99.9 cm³/mol. The molecule has 2 amide bonds. The predicted octanol–water partition coefficient (Wildman–Crippen LogP) is 1.15. The van der Waals surface area contributed by atoms with E-state index in [-0.39, 0.29) is 18.2 Å². The number of aliphatic hydroxyl groups is 1. The topological polar surface area (TPSA) is 98.2 Å². The number of carbonyl (C=O) groups excluding carboxylic acids is 2. The van der Waals surface area contributed by atoms with Crippen molar-refractivity contribution < 1.29 is 24.6 Å². The van der Waals surface area contributed by atoms with Crippen molar-refractivity contribution in [3.63, 3.8) is 0 Å². The highest BCUT2D eigenvalue weighted by Crippen LogP contribution is 2.23. The van der Waals surface area contributed by atoms with Crippen molar-refractivity contribution in [1.82, 2.24) is 9.80 Å². The molecule has 148 valence electrons. The van der Waals surface area contributed by atoms with E-state index in [1.165, 1.54) is 16.8 Å². The Labute approximate surface area is 159 Å². The van der Waals surface area contributed by atoms with Gasteiger partial charge in [-0.2, -0.15) is 0 Å². The Bertz CT molecular complexity index is 676. The van der Waals surface area contributed by atoms with E-state index in [1.807, 2.05) is 44.2 Å². The number of hydrogen-bond donors (Lipinski definition) is 2. The molecule has 0 bridgehead atoms. The highest BCUT2D eigenvalue weighted by Gasteiger charge is 2.41. The molecule has 1 heterocycles. The molecule has 0 aromatic heterocycles. The molecule has 2 N–H and O–H groups in total. The van der Waals surface area contributed by atoms with Crippen LogP contribution in [0.5, 0.6) is 0 Å². The third kappa shape index (κ3) is 4.86. The number of amides is 2. The lowest BCUT2D eigenvalue weighted by atomic mass is 9.99. The molecule has 27 heavy (non-hydrogen) atoms. The molecule has 0 spiro atoms. The van der Waals surface area contributed by atoms with Crippen LogP contribution >= 0.6 is 0 Å². The summed E-state index contributed by atoms with van der Waals surface area (Å²) in [7, 11) is 1.49. The van der Waals surface area contributed by atoms with Gasteiger partial charge in [0.05, 0.1) is 0 Å². The summed E-state index contributed by atoms with van der Waals surface area (Å²) in [6.45, 7) is 3.98. The van der Waals surface area contributed by atoms with Crippen LogP contribution in [0.4, 0.5) is 0 Å². The summed E-state index contributed by atoms with van der Waals surface area (Å²) >= 11 is 0. The average molecular weight is 376 g/mol. The van der Waals surface area contributed by atoms with Gasteiger partial charge in [-0.05, 0) is 24.3 Å². The molecule has 2 rings (SSSR count). The number of aliphatic carboxylic acids is 1. The number of rotatable bonds is 7. The molecule has 0 aliphatic carbocycles. The summed E-state index contributed by atoms with van der Waals surface area (Å²) in [5.74, 6) is -2.17. The first-order chi connectivity index (χ1) is 12.7. The Hall–Kier alpha value is -2.41. The van der Waals surface area contributed by atoms with Crippen LogP contribution in [-0.4, -0.2) is 69.6 Å². The Morgan fingerprint density at radius 2 is 1.85 bits per heavy atom. The third-order valence-corrected chi connectivity index (χ3v) is 5.03. The summed E-state index contributed by atoms with van der Waals surface area (Å²) < 4.78 is 0. The number of carbonyl (C=O) groups is 3. The van der Waals surface area contributed by atoms with E-state index in [0.717, 1.165) is 5.56 Å². The van der Waals surface area contributed by atoms with Gasteiger partial charge in [0.15, 0.2) is 0 Å². The highest BCUT2D eigenvalue weighted by atomic mass is 16.4. The molecule has 0 radical (unpaired) electrons. The molecular formula is C20H28N2O5. The largest absolute Gasteiger partial charge is 0.480 e. The number of carboxylic acids is 1. The number of likely N-dealkylation sites (N-methyl/N-ethyl adjacent to an activating group) is 1. The zero-order valence-corrected chi connectivity index (χ0v) is 16.0. The maximum absolute atomic E-state index is 13.0. The van der Waals surface area contributed by atoms with Gasteiger partial charge >= 0.3 is 5.97 Å². The van der Waals surface area contributed by atoms with Gasteiger partial charge in [0, 0.05) is 20.0 Å². The number of aliphatic hydroxyl groups excluding tert-OH is 1. The van der Waals surface area contributed by atoms with Crippen molar-refractivity contribution in [2.24, 2.45) is 5.92 Å². The van der Waals surface area contributed by atoms with Crippen LogP contribution in [0.15, 0.2) is 30.3 Å². The first-order valence-corrected chi connectivity index (χ1v) is 9.26. The van der Waals surface area contributed by atoms with Crippen LogP contribution < -0.4 is 0 Å². The first kappa shape index (κ1) is 20.9. The zero-order valence-electron chi connectivity index (χ0n) is 16.0. The van der Waals surface area contributed by atoms with Crippen LogP contribution in [0.1, 0.15) is 32.3 Å². The summed E-state index contributed by atoms with van der Waals surface area (Å²) in [6.07, 6.45) is -0.0627. The Morgan fingerprint density at radius 3 is 2.41 bits per heavy atom.